The van der Waals surface area contributed by atoms with Gasteiger partial charge in [0.1, 0.15) is 5.82 Å². The number of hydrogen-bond donors (Lipinski definition) is 2. The van der Waals surface area contributed by atoms with Gasteiger partial charge < -0.3 is 10.6 Å². The maximum absolute atomic E-state index is 13.4. The molecular formula is C16H14FIN2O2. The third-order valence-electron chi connectivity index (χ3n) is 2.95. The predicted octanol–water partition coefficient (Wildman–Crippen LogP) is 2.73. The number of amides is 2. The zero-order valence-corrected chi connectivity index (χ0v) is 13.8. The number of hydrogen-bond acceptors (Lipinski definition) is 2. The number of carbonyl (C=O) groups is 2. The fourth-order valence-corrected chi connectivity index (χ4v) is 2.17. The van der Waals surface area contributed by atoms with Crippen LogP contribution < -0.4 is 10.6 Å². The minimum atomic E-state index is -0.741. The lowest BCUT2D eigenvalue weighted by Crippen LogP contribution is -2.36. The normalized spacial score (nSPS) is 10.1. The largest absolute Gasteiger partial charge is 0.347 e. The van der Waals surface area contributed by atoms with E-state index in [0.717, 1.165) is 3.57 Å². The number of benzene rings is 2. The Balaban J connectivity index is 1.80. The molecule has 22 heavy (non-hydrogen) atoms. The molecule has 0 heterocycles. The van der Waals surface area contributed by atoms with E-state index in [4.69, 9.17) is 0 Å². The number of carbonyl (C=O) groups excluding carboxylic acids is 2. The Hall–Kier alpha value is -1.96. The van der Waals surface area contributed by atoms with Crippen LogP contribution in [-0.2, 0) is 16.0 Å². The molecule has 0 aliphatic carbocycles. The van der Waals surface area contributed by atoms with Crippen LogP contribution in [0.4, 0.5) is 10.1 Å². The van der Waals surface area contributed by atoms with Crippen LogP contribution in [0.3, 0.4) is 0 Å². The molecule has 0 fully saturated rings. The Labute approximate surface area is 141 Å². The Morgan fingerprint density at radius 2 is 1.68 bits per heavy atom. The first-order chi connectivity index (χ1) is 10.6. The maximum atomic E-state index is 13.4. The molecule has 114 valence electrons. The van der Waals surface area contributed by atoms with Crippen LogP contribution in [0, 0.1) is 9.39 Å². The van der Waals surface area contributed by atoms with E-state index < -0.39 is 11.8 Å². The highest BCUT2D eigenvalue weighted by atomic mass is 127. The fraction of sp³-hybridized carbons (Fsp3) is 0.125. The van der Waals surface area contributed by atoms with Gasteiger partial charge >= 0.3 is 11.8 Å². The molecule has 0 unspecified atom stereocenters. The molecule has 0 aliphatic heterocycles. The standard InChI is InChI=1S/C16H14FIN2O2/c17-14-4-2-1-3-11(14)9-10-19-15(21)16(22)20-13-7-5-12(18)6-8-13/h1-8H,9-10H2,(H,19,21)(H,20,22). The van der Waals surface area contributed by atoms with E-state index in [1.807, 2.05) is 12.1 Å². The van der Waals surface area contributed by atoms with Crippen molar-refractivity contribution < 1.29 is 14.0 Å². The molecule has 0 saturated heterocycles. The predicted molar refractivity (Wildman–Crippen MR) is 90.9 cm³/mol. The molecule has 4 nitrogen and oxygen atoms in total. The lowest BCUT2D eigenvalue weighted by Gasteiger charge is -2.07. The highest BCUT2D eigenvalue weighted by Gasteiger charge is 2.13. The monoisotopic (exact) mass is 412 g/mol. The van der Waals surface area contributed by atoms with Crippen LogP contribution in [0.5, 0.6) is 0 Å². The number of nitrogens with one attached hydrogen (secondary N) is 2. The summed E-state index contributed by atoms with van der Waals surface area (Å²) in [6, 6.07) is 13.4. The van der Waals surface area contributed by atoms with E-state index in [1.165, 1.54) is 6.07 Å². The minimum Gasteiger partial charge on any atom is -0.347 e. The minimum absolute atomic E-state index is 0.194. The zero-order chi connectivity index (χ0) is 15.9. The molecule has 6 heteroatoms. The van der Waals surface area contributed by atoms with E-state index in [9.17, 15) is 14.0 Å². The second-order valence-electron chi connectivity index (χ2n) is 4.56. The van der Waals surface area contributed by atoms with Crippen LogP contribution in [0.2, 0.25) is 0 Å². The van der Waals surface area contributed by atoms with Crippen molar-refractivity contribution in [1.29, 1.82) is 0 Å². The molecule has 0 aromatic heterocycles. The van der Waals surface area contributed by atoms with Gasteiger partial charge in [0.25, 0.3) is 0 Å². The first kappa shape index (κ1) is 16.4. The molecule has 0 saturated carbocycles. The molecule has 0 atom stereocenters. The quantitative estimate of drug-likeness (QED) is 0.600. The highest BCUT2D eigenvalue weighted by molar-refractivity contribution is 14.1. The second kappa shape index (κ2) is 7.88. The summed E-state index contributed by atoms with van der Waals surface area (Å²) >= 11 is 2.15. The first-order valence-corrected chi connectivity index (χ1v) is 7.72. The van der Waals surface area contributed by atoms with Crippen molar-refractivity contribution in [3.8, 4) is 0 Å². The van der Waals surface area contributed by atoms with Gasteiger partial charge in [0.2, 0.25) is 0 Å². The van der Waals surface area contributed by atoms with Crippen molar-refractivity contribution in [1.82, 2.24) is 5.32 Å². The van der Waals surface area contributed by atoms with Crippen molar-refractivity contribution in [2.24, 2.45) is 0 Å². The molecule has 0 bridgehead atoms. The number of rotatable bonds is 4. The third-order valence-corrected chi connectivity index (χ3v) is 3.67. The van der Waals surface area contributed by atoms with Crippen LogP contribution in [-0.4, -0.2) is 18.4 Å². The SMILES string of the molecule is O=C(NCCc1ccccc1F)C(=O)Nc1ccc(I)cc1. The molecular weight excluding hydrogens is 398 g/mol. The second-order valence-corrected chi connectivity index (χ2v) is 5.80. The van der Waals surface area contributed by atoms with Crippen molar-refractivity contribution in [3.05, 3.63) is 63.5 Å². The van der Waals surface area contributed by atoms with Gasteiger partial charge in [-0.15, -0.1) is 0 Å². The van der Waals surface area contributed by atoms with Crippen molar-refractivity contribution in [2.75, 3.05) is 11.9 Å². The maximum Gasteiger partial charge on any atom is 0.313 e. The summed E-state index contributed by atoms with van der Waals surface area (Å²) in [4.78, 5) is 23.4. The fourth-order valence-electron chi connectivity index (χ4n) is 1.81. The van der Waals surface area contributed by atoms with Gasteiger partial charge in [-0.1, -0.05) is 18.2 Å². The van der Waals surface area contributed by atoms with E-state index in [1.54, 1.807) is 30.3 Å². The first-order valence-electron chi connectivity index (χ1n) is 6.64. The van der Waals surface area contributed by atoms with Gasteiger partial charge in [-0.3, -0.25) is 9.59 Å². The van der Waals surface area contributed by atoms with Gasteiger partial charge in [0.05, 0.1) is 0 Å². The third kappa shape index (κ3) is 4.80. The molecule has 2 aromatic rings. The lowest BCUT2D eigenvalue weighted by molar-refractivity contribution is -0.136. The molecule has 2 aromatic carbocycles. The van der Waals surface area contributed by atoms with Crippen LogP contribution >= 0.6 is 22.6 Å². The summed E-state index contributed by atoms with van der Waals surface area (Å²) in [6.45, 7) is 0.194. The lowest BCUT2D eigenvalue weighted by atomic mass is 10.1. The zero-order valence-electron chi connectivity index (χ0n) is 11.6. The average molecular weight is 412 g/mol. The number of halogens is 2. The number of anilines is 1. The summed E-state index contributed by atoms with van der Waals surface area (Å²) in [7, 11) is 0. The Bertz CT molecular complexity index is 674. The Kier molecular flexibility index (Phi) is 5.88. The van der Waals surface area contributed by atoms with Crippen molar-refractivity contribution >= 4 is 40.1 Å². The summed E-state index contributed by atoms with van der Waals surface area (Å²) in [5.74, 6) is -1.80. The van der Waals surface area contributed by atoms with Gasteiger partial charge in [-0.05, 0) is 64.9 Å². The Morgan fingerprint density at radius 3 is 2.36 bits per heavy atom. The summed E-state index contributed by atoms with van der Waals surface area (Å²) < 4.78 is 14.4. The average Bonchev–Trinajstić information content (AvgIpc) is 2.51. The summed E-state index contributed by atoms with van der Waals surface area (Å²) in [5.41, 5.74) is 1.05. The van der Waals surface area contributed by atoms with E-state index in [2.05, 4.69) is 33.2 Å². The summed E-state index contributed by atoms with van der Waals surface area (Å²) in [5, 5.41) is 4.97. The van der Waals surface area contributed by atoms with Crippen LogP contribution in [0.25, 0.3) is 0 Å². The van der Waals surface area contributed by atoms with Gasteiger partial charge in [-0.2, -0.15) is 0 Å². The van der Waals surface area contributed by atoms with Gasteiger partial charge in [-0.25, -0.2) is 4.39 Å². The van der Waals surface area contributed by atoms with Gasteiger partial charge in [0, 0.05) is 15.8 Å². The van der Waals surface area contributed by atoms with Gasteiger partial charge in [0.15, 0.2) is 0 Å². The topological polar surface area (TPSA) is 58.2 Å². The molecule has 2 N–H and O–H groups in total. The highest BCUT2D eigenvalue weighted by Crippen LogP contribution is 2.11. The van der Waals surface area contributed by atoms with E-state index in [0.29, 0.717) is 17.7 Å². The molecule has 2 amide bonds. The smallest absolute Gasteiger partial charge is 0.313 e. The molecule has 0 radical (unpaired) electrons. The van der Waals surface area contributed by atoms with Crippen molar-refractivity contribution in [3.63, 3.8) is 0 Å². The van der Waals surface area contributed by atoms with Crippen LogP contribution in [0.15, 0.2) is 48.5 Å². The van der Waals surface area contributed by atoms with E-state index >= 15 is 0 Å². The van der Waals surface area contributed by atoms with E-state index in [-0.39, 0.29) is 12.4 Å². The summed E-state index contributed by atoms with van der Waals surface area (Å²) in [6.07, 6.45) is 0.329. The molecule has 2 rings (SSSR count). The molecule has 0 spiro atoms. The Morgan fingerprint density at radius 1 is 1.00 bits per heavy atom. The van der Waals surface area contributed by atoms with Crippen LogP contribution in [0.1, 0.15) is 5.56 Å². The van der Waals surface area contributed by atoms with Crippen molar-refractivity contribution in [2.45, 2.75) is 6.42 Å². The molecule has 0 aliphatic rings.